The van der Waals surface area contributed by atoms with E-state index in [1.54, 1.807) is 0 Å². The maximum Gasteiger partial charge on any atom is 0.198 e. The van der Waals surface area contributed by atoms with Gasteiger partial charge in [-0.05, 0) is 6.07 Å². The Morgan fingerprint density at radius 1 is 0.233 bits per heavy atom. The number of halogens is 17. The molecule has 0 atom stereocenters. The molecule has 5 aromatic carbocycles. The van der Waals surface area contributed by atoms with E-state index in [0.29, 0.717) is 0 Å². The molecule has 0 heterocycles. The first-order chi connectivity index (χ1) is 20.0. The van der Waals surface area contributed by atoms with Crippen molar-refractivity contribution in [2.24, 2.45) is 0 Å². The average Bonchev–Trinajstić information content (AvgIpc) is 2.97. The summed E-state index contributed by atoms with van der Waals surface area (Å²) in [4.78, 5) is 0. The largest absolute Gasteiger partial charge is 0.206 e. The Kier molecular flexibility index (Phi) is 6.77. The van der Waals surface area contributed by atoms with Gasteiger partial charge in [0.25, 0.3) is 0 Å². The summed E-state index contributed by atoms with van der Waals surface area (Å²) in [5.41, 5.74) is -9.36. The second kappa shape index (κ2) is 9.74. The van der Waals surface area contributed by atoms with Crippen molar-refractivity contribution in [3.63, 3.8) is 0 Å². The number of hydrogen-bond donors (Lipinski definition) is 0. The van der Waals surface area contributed by atoms with Gasteiger partial charge in [0.1, 0.15) is 5.82 Å². The molecule has 0 saturated heterocycles. The zero-order chi connectivity index (χ0) is 32.1. The van der Waals surface area contributed by atoms with Crippen molar-refractivity contribution in [1.29, 1.82) is 0 Å². The lowest BCUT2D eigenvalue weighted by molar-refractivity contribution is 0.410. The standard InChI is InChI=1S/C26HF17/c27-3-1-2(4-5-9(17(34)21(38)13(4)30)19(36)25(42)23(40)14(5)31)11(28)8(12(3)29)6-7-10(18(35)22(39)15(6)32)20(37)26(43)24(41)16(7)33/h1H. The molecule has 43 heavy (non-hydrogen) atoms. The summed E-state index contributed by atoms with van der Waals surface area (Å²) in [5, 5.41) is -9.11. The monoisotopic (exact) mass is 636 g/mol. The summed E-state index contributed by atoms with van der Waals surface area (Å²) in [6.45, 7) is 0. The van der Waals surface area contributed by atoms with Crippen LogP contribution in [-0.4, -0.2) is 0 Å². The highest BCUT2D eigenvalue weighted by atomic mass is 19.2. The zero-order valence-electron chi connectivity index (χ0n) is 19.5. The molecule has 0 bridgehead atoms. The van der Waals surface area contributed by atoms with Crippen molar-refractivity contribution in [2.75, 3.05) is 0 Å². The van der Waals surface area contributed by atoms with E-state index in [-0.39, 0.29) is 0 Å². The third-order valence-electron chi connectivity index (χ3n) is 6.36. The number of fused-ring (bicyclic) bond motifs is 2. The summed E-state index contributed by atoms with van der Waals surface area (Å²) in [6, 6.07) is -0.556. The van der Waals surface area contributed by atoms with Gasteiger partial charge in [-0.1, -0.05) is 0 Å². The van der Waals surface area contributed by atoms with Gasteiger partial charge in [-0.2, -0.15) is 0 Å². The van der Waals surface area contributed by atoms with Crippen LogP contribution in [0.4, 0.5) is 74.6 Å². The predicted octanol–water partition coefficient (Wildman–Crippen LogP) is 9.69. The smallest absolute Gasteiger partial charge is 0.198 e. The van der Waals surface area contributed by atoms with Gasteiger partial charge < -0.3 is 0 Å². The molecule has 224 valence electrons. The topological polar surface area (TPSA) is 0 Å². The summed E-state index contributed by atoms with van der Waals surface area (Å²) >= 11 is 0. The normalized spacial score (nSPS) is 11.8. The first-order valence-corrected chi connectivity index (χ1v) is 10.8. The van der Waals surface area contributed by atoms with Crippen LogP contribution >= 0.6 is 0 Å². The maximum absolute atomic E-state index is 15.8. The minimum absolute atomic E-state index is 0.556. The Morgan fingerprint density at radius 3 is 0.930 bits per heavy atom. The molecule has 0 aliphatic rings. The van der Waals surface area contributed by atoms with Crippen LogP contribution in [-0.2, 0) is 0 Å². The van der Waals surface area contributed by atoms with E-state index in [1.807, 2.05) is 0 Å². The van der Waals surface area contributed by atoms with Crippen LogP contribution in [0.1, 0.15) is 0 Å². The highest BCUT2D eigenvalue weighted by Gasteiger charge is 2.37. The van der Waals surface area contributed by atoms with Gasteiger partial charge >= 0.3 is 0 Å². The Morgan fingerprint density at radius 2 is 0.535 bits per heavy atom. The molecular formula is C26HF17. The molecule has 5 rings (SSSR count). The van der Waals surface area contributed by atoms with Gasteiger partial charge in [-0.3, -0.25) is 0 Å². The first-order valence-electron chi connectivity index (χ1n) is 10.8. The highest BCUT2D eigenvalue weighted by molar-refractivity contribution is 6.02. The molecule has 0 aromatic heterocycles. The lowest BCUT2D eigenvalue weighted by atomic mass is 9.89. The molecule has 0 unspecified atom stereocenters. The maximum atomic E-state index is 15.8. The summed E-state index contributed by atoms with van der Waals surface area (Å²) < 4.78 is 247. The number of benzene rings is 5. The lowest BCUT2D eigenvalue weighted by Crippen LogP contribution is -2.10. The molecule has 0 fully saturated rings. The zero-order valence-corrected chi connectivity index (χ0v) is 19.5. The van der Waals surface area contributed by atoms with E-state index in [9.17, 15) is 70.2 Å². The van der Waals surface area contributed by atoms with Crippen LogP contribution in [0.25, 0.3) is 43.8 Å². The van der Waals surface area contributed by atoms with Crippen molar-refractivity contribution >= 4 is 21.5 Å². The first kappa shape index (κ1) is 29.9. The van der Waals surface area contributed by atoms with Crippen molar-refractivity contribution in [3.8, 4) is 22.3 Å². The molecule has 17 heteroatoms. The highest BCUT2D eigenvalue weighted by Crippen LogP contribution is 2.46. The van der Waals surface area contributed by atoms with Gasteiger partial charge in [-0.15, -0.1) is 0 Å². The van der Waals surface area contributed by atoms with E-state index in [2.05, 4.69) is 0 Å². The second-order valence-corrected chi connectivity index (χ2v) is 8.55. The molecule has 0 nitrogen and oxygen atoms in total. The fraction of sp³-hybridized carbons (Fsp3) is 0. The second-order valence-electron chi connectivity index (χ2n) is 8.55. The minimum Gasteiger partial charge on any atom is -0.206 e. The van der Waals surface area contributed by atoms with Crippen LogP contribution in [0, 0.1) is 98.9 Å². The fourth-order valence-corrected chi connectivity index (χ4v) is 4.49. The van der Waals surface area contributed by atoms with Gasteiger partial charge in [0.2, 0.25) is 0 Å². The summed E-state index contributed by atoms with van der Waals surface area (Å²) in [6.07, 6.45) is 0. The Labute approximate surface area is 224 Å². The number of hydrogen-bond acceptors (Lipinski definition) is 0. The minimum atomic E-state index is -2.95. The molecule has 0 spiro atoms. The average molecular weight is 636 g/mol. The van der Waals surface area contributed by atoms with Crippen molar-refractivity contribution in [3.05, 3.63) is 105 Å². The predicted molar refractivity (Wildman–Crippen MR) is 112 cm³/mol. The SMILES string of the molecule is Fc1cc(-c2c(F)c(F)c(F)c3c(F)c(F)c(F)c(F)c23)c(F)c(-c2c(F)c(F)c(F)c3c(F)c(F)c(F)c(F)c23)c1F. The van der Waals surface area contributed by atoms with Crippen molar-refractivity contribution < 1.29 is 74.6 Å². The van der Waals surface area contributed by atoms with E-state index in [1.165, 1.54) is 0 Å². The Hall–Kier alpha value is -4.57. The van der Waals surface area contributed by atoms with Gasteiger partial charge in [0.15, 0.2) is 93.1 Å². The Bertz CT molecular complexity index is 2080. The van der Waals surface area contributed by atoms with Crippen LogP contribution in [0.3, 0.4) is 0 Å². The molecular weight excluding hydrogens is 635 g/mol. The lowest BCUT2D eigenvalue weighted by Gasteiger charge is -2.18. The van der Waals surface area contributed by atoms with Gasteiger partial charge in [0.05, 0.1) is 16.3 Å². The molecule has 0 aliphatic carbocycles. The molecule has 0 saturated carbocycles. The molecule has 0 N–H and O–H groups in total. The van der Waals surface area contributed by atoms with Crippen LogP contribution in [0.15, 0.2) is 6.07 Å². The van der Waals surface area contributed by atoms with Crippen LogP contribution in [0.5, 0.6) is 0 Å². The third-order valence-corrected chi connectivity index (χ3v) is 6.36. The van der Waals surface area contributed by atoms with Crippen LogP contribution < -0.4 is 0 Å². The molecule has 0 radical (unpaired) electrons. The molecule has 5 aromatic rings. The van der Waals surface area contributed by atoms with Crippen molar-refractivity contribution in [1.82, 2.24) is 0 Å². The third kappa shape index (κ3) is 3.78. The van der Waals surface area contributed by atoms with Gasteiger partial charge in [0, 0.05) is 27.5 Å². The van der Waals surface area contributed by atoms with E-state index < -0.39 is 149 Å². The van der Waals surface area contributed by atoms with Gasteiger partial charge in [-0.25, -0.2) is 74.6 Å². The molecule has 0 amide bonds. The quantitative estimate of drug-likeness (QED) is 0.103. The Balaban J connectivity index is 2.08. The molecule has 0 aliphatic heterocycles. The summed E-state index contributed by atoms with van der Waals surface area (Å²) in [5.74, 6) is -47.9. The fourth-order valence-electron chi connectivity index (χ4n) is 4.49. The van der Waals surface area contributed by atoms with E-state index in [0.717, 1.165) is 0 Å². The number of rotatable bonds is 2. The van der Waals surface area contributed by atoms with Crippen molar-refractivity contribution in [2.45, 2.75) is 0 Å². The summed E-state index contributed by atoms with van der Waals surface area (Å²) in [7, 11) is 0. The van der Waals surface area contributed by atoms with E-state index >= 15 is 4.39 Å². The van der Waals surface area contributed by atoms with Crippen LogP contribution in [0.2, 0.25) is 0 Å². The van der Waals surface area contributed by atoms with E-state index in [4.69, 9.17) is 0 Å².